The number of para-hydroxylation sites is 2. The van der Waals surface area contributed by atoms with Crippen LogP contribution in [0.1, 0.15) is 36.7 Å². The highest BCUT2D eigenvalue weighted by Gasteiger charge is 2.44. The van der Waals surface area contributed by atoms with E-state index in [9.17, 15) is 19.3 Å². The van der Waals surface area contributed by atoms with Gasteiger partial charge < -0.3 is 20.0 Å². The second-order valence-electron chi connectivity index (χ2n) is 10.9. The summed E-state index contributed by atoms with van der Waals surface area (Å²) in [4.78, 5) is 26.8. The van der Waals surface area contributed by atoms with E-state index < -0.39 is 24.1 Å². The zero-order valence-electron chi connectivity index (χ0n) is 23.4. The largest absolute Gasteiger partial charge is 0.379 e. The number of carbonyl (C=O) groups is 1. The van der Waals surface area contributed by atoms with Gasteiger partial charge >= 0.3 is 0 Å². The number of hydrogen-bond donors (Lipinski definition) is 2. The van der Waals surface area contributed by atoms with Crippen LogP contribution in [0.25, 0.3) is 0 Å². The lowest BCUT2D eigenvalue weighted by Crippen LogP contribution is -2.40. The average Bonchev–Trinajstić information content (AvgIpc) is 3.12. The second kappa shape index (κ2) is 10.9. The van der Waals surface area contributed by atoms with E-state index in [2.05, 4.69) is 36.1 Å². The van der Waals surface area contributed by atoms with Gasteiger partial charge in [-0.25, -0.2) is 9.06 Å². The van der Waals surface area contributed by atoms with Crippen molar-refractivity contribution in [2.45, 2.75) is 32.2 Å². The number of hydrogen-bond acceptors (Lipinski definition) is 6. The molecule has 10 nitrogen and oxygen atoms in total. The summed E-state index contributed by atoms with van der Waals surface area (Å²) in [6, 6.07) is 15.0. The number of benzene rings is 3. The number of nitrogens with one attached hydrogen (secondary N) is 2. The predicted molar refractivity (Wildman–Crippen MR) is 158 cm³/mol. The van der Waals surface area contributed by atoms with E-state index in [4.69, 9.17) is 4.74 Å². The number of fused-ring (bicyclic) bond motifs is 1. The maximum atomic E-state index is 15.4. The first-order chi connectivity index (χ1) is 19.4. The van der Waals surface area contributed by atoms with Crippen molar-refractivity contribution in [3.8, 4) is 0 Å². The molecule has 0 aliphatic carbocycles. The number of rotatable bonds is 7. The van der Waals surface area contributed by atoms with Gasteiger partial charge in [-0.2, -0.15) is 0 Å². The molecule has 1 saturated heterocycles. The van der Waals surface area contributed by atoms with Gasteiger partial charge in [0.25, 0.3) is 19.0 Å². The van der Waals surface area contributed by atoms with Crippen molar-refractivity contribution in [3.05, 3.63) is 87.7 Å². The molecular weight excluding hydrogens is 548 g/mol. The Kier molecular flexibility index (Phi) is 7.63. The molecule has 216 valence electrons. The minimum Gasteiger partial charge on any atom is -0.379 e. The maximum absolute atomic E-state index is 15.4. The molecule has 0 radical (unpaired) electrons. The Balaban J connectivity index is 1.71. The lowest BCUT2D eigenvalue weighted by molar-refractivity contribution is -0.383. The van der Waals surface area contributed by atoms with Gasteiger partial charge in [0, 0.05) is 48.9 Å². The number of nitro groups is 1. The average molecular weight is 582 g/mol. The number of likely N-dealkylation sites (N-methyl/N-ethyl adjacent to an activating group) is 1. The SMILES string of the molecule is C[C@@H]1N(C)c2cc(NC(=O)c3ccc(F)cc3)c([P@@](=O)(Nc3ccccc3[N+](=O)[O-])N3CCOCC3)cc2C1(C)C. The molecule has 0 spiro atoms. The minimum atomic E-state index is -3.85. The number of ether oxygens (including phenoxy) is 1. The van der Waals surface area contributed by atoms with Gasteiger partial charge in [-0.3, -0.25) is 19.5 Å². The summed E-state index contributed by atoms with van der Waals surface area (Å²) < 4.78 is 36.2. The fraction of sp³-hybridized carbons (Fsp3) is 0.345. The number of nitro benzene ring substituents is 1. The Morgan fingerprint density at radius 3 is 2.41 bits per heavy atom. The lowest BCUT2D eigenvalue weighted by atomic mass is 9.81. The second-order valence-corrected chi connectivity index (χ2v) is 13.3. The Bertz CT molecular complexity index is 1540. The summed E-state index contributed by atoms with van der Waals surface area (Å²) in [6.45, 7) is 7.60. The number of carbonyl (C=O) groups excluding carboxylic acids is 1. The van der Waals surface area contributed by atoms with Crippen LogP contribution in [-0.2, 0) is 14.7 Å². The lowest BCUT2D eigenvalue weighted by Gasteiger charge is -2.36. The maximum Gasteiger partial charge on any atom is 0.292 e. The van der Waals surface area contributed by atoms with Crippen LogP contribution >= 0.6 is 7.44 Å². The van der Waals surface area contributed by atoms with Gasteiger partial charge in [-0.1, -0.05) is 26.0 Å². The Labute approximate surface area is 238 Å². The highest BCUT2D eigenvalue weighted by molar-refractivity contribution is 7.71. The molecule has 2 aliphatic rings. The number of morpholine rings is 1. The molecule has 0 aromatic heterocycles. The smallest absolute Gasteiger partial charge is 0.292 e. The van der Waals surface area contributed by atoms with Crippen LogP contribution in [0.2, 0.25) is 0 Å². The predicted octanol–water partition coefficient (Wildman–Crippen LogP) is 5.36. The number of anilines is 3. The molecular formula is C29H33FN5O5P. The molecule has 2 heterocycles. The topological polar surface area (TPSA) is 117 Å². The van der Waals surface area contributed by atoms with E-state index in [1.807, 2.05) is 19.2 Å². The number of amides is 1. The third-order valence-corrected chi connectivity index (χ3v) is 11.0. The number of nitrogens with zero attached hydrogens (tertiary/aromatic N) is 3. The molecule has 3 aromatic rings. The molecule has 5 rings (SSSR count). The van der Waals surface area contributed by atoms with Crippen LogP contribution in [-0.4, -0.2) is 54.9 Å². The van der Waals surface area contributed by atoms with Crippen molar-refractivity contribution >= 4 is 41.4 Å². The third-order valence-electron chi connectivity index (χ3n) is 8.25. The van der Waals surface area contributed by atoms with Crippen molar-refractivity contribution in [3.63, 3.8) is 0 Å². The van der Waals surface area contributed by atoms with E-state index in [1.54, 1.807) is 16.8 Å². The van der Waals surface area contributed by atoms with Crippen LogP contribution in [0.3, 0.4) is 0 Å². The van der Waals surface area contributed by atoms with E-state index in [-0.39, 0.29) is 28.4 Å². The van der Waals surface area contributed by atoms with Crippen molar-refractivity contribution in [1.82, 2.24) is 4.67 Å². The van der Waals surface area contributed by atoms with Gasteiger partial charge in [0.1, 0.15) is 11.5 Å². The van der Waals surface area contributed by atoms with Crippen molar-refractivity contribution < 1.29 is 23.4 Å². The molecule has 0 bridgehead atoms. The van der Waals surface area contributed by atoms with E-state index in [1.165, 1.54) is 36.4 Å². The van der Waals surface area contributed by atoms with Gasteiger partial charge in [0.15, 0.2) is 0 Å². The normalized spacial score (nSPS) is 19.7. The molecule has 0 saturated carbocycles. The first-order valence-corrected chi connectivity index (χ1v) is 15.0. The van der Waals surface area contributed by atoms with Gasteiger partial charge in [-0.15, -0.1) is 0 Å². The van der Waals surface area contributed by atoms with Crippen molar-refractivity contribution in [1.29, 1.82) is 0 Å². The van der Waals surface area contributed by atoms with Crippen LogP contribution in [0.4, 0.5) is 27.1 Å². The fourth-order valence-corrected chi connectivity index (χ4v) is 8.02. The van der Waals surface area contributed by atoms with E-state index in [0.717, 1.165) is 11.3 Å². The Hall–Kier alpha value is -3.79. The minimum absolute atomic E-state index is 0.0966. The monoisotopic (exact) mass is 581 g/mol. The molecule has 2 N–H and O–H groups in total. The molecule has 0 unspecified atom stereocenters. The Morgan fingerprint density at radius 2 is 1.76 bits per heavy atom. The van der Waals surface area contributed by atoms with Crippen LogP contribution < -0.4 is 20.6 Å². The van der Waals surface area contributed by atoms with Crippen molar-refractivity contribution in [2.24, 2.45) is 0 Å². The van der Waals surface area contributed by atoms with Crippen LogP contribution in [0.15, 0.2) is 60.7 Å². The van der Waals surface area contributed by atoms with E-state index in [0.29, 0.717) is 37.3 Å². The zero-order valence-corrected chi connectivity index (χ0v) is 24.3. The van der Waals surface area contributed by atoms with Crippen molar-refractivity contribution in [2.75, 3.05) is 48.7 Å². The fourth-order valence-electron chi connectivity index (χ4n) is 5.46. The van der Waals surface area contributed by atoms with E-state index >= 15 is 4.57 Å². The van der Waals surface area contributed by atoms with Gasteiger partial charge in [0.2, 0.25) is 0 Å². The quantitative estimate of drug-likeness (QED) is 0.218. The molecule has 12 heteroatoms. The standard InChI is InChI=1S/C29H33FN5O5P/c1-19-29(2,3)22-17-27(24(18-26(22)33(19)4)31-28(36)20-9-11-21(30)12-10-20)41(39,34-13-15-40-16-14-34)32-23-7-5-6-8-25(23)35(37)38/h5-12,17-19H,13-16H2,1-4H3,(H,31,36)(H,32,39)/t19-,41+/m0/s1. The molecule has 2 atom stereocenters. The molecule has 41 heavy (non-hydrogen) atoms. The first-order valence-electron chi connectivity index (χ1n) is 13.4. The summed E-state index contributed by atoms with van der Waals surface area (Å²) in [7, 11) is -1.88. The summed E-state index contributed by atoms with van der Waals surface area (Å²) in [5, 5.41) is 18.2. The molecule has 1 fully saturated rings. The summed E-state index contributed by atoms with van der Waals surface area (Å²) in [5.74, 6) is -0.971. The summed E-state index contributed by atoms with van der Waals surface area (Å²) in [5.41, 5.74) is 1.91. The third kappa shape index (κ3) is 5.21. The number of halogens is 1. The van der Waals surface area contributed by atoms with Crippen LogP contribution in [0.5, 0.6) is 0 Å². The molecule has 2 aliphatic heterocycles. The van der Waals surface area contributed by atoms with Crippen LogP contribution in [0, 0.1) is 15.9 Å². The summed E-state index contributed by atoms with van der Waals surface area (Å²) >= 11 is 0. The highest BCUT2D eigenvalue weighted by atomic mass is 31.2. The molecule has 1 amide bonds. The van der Waals surface area contributed by atoms with Gasteiger partial charge in [0.05, 0.1) is 29.1 Å². The van der Waals surface area contributed by atoms with Gasteiger partial charge in [-0.05, 0) is 55.0 Å². The Morgan fingerprint density at radius 1 is 1.10 bits per heavy atom. The first kappa shape index (κ1) is 28.7. The zero-order chi connectivity index (χ0) is 29.5. The highest BCUT2D eigenvalue weighted by Crippen LogP contribution is 2.54. The molecule has 3 aromatic carbocycles. The summed E-state index contributed by atoms with van der Waals surface area (Å²) in [6.07, 6.45) is 0.